The fourth-order valence-corrected chi connectivity index (χ4v) is 8.25. The summed E-state index contributed by atoms with van der Waals surface area (Å²) in [6.07, 6.45) is 0. The van der Waals surface area contributed by atoms with Crippen molar-refractivity contribution in [1.82, 2.24) is 0 Å². The first-order valence-electron chi connectivity index (χ1n) is 1.60. The van der Waals surface area contributed by atoms with E-state index in [2.05, 4.69) is 0 Å². The van der Waals surface area contributed by atoms with E-state index in [1.165, 1.54) is 0 Å². The Balaban J connectivity index is 2.11. The van der Waals surface area contributed by atoms with Crippen molar-refractivity contribution in [2.24, 2.45) is 0 Å². The molecule has 0 aromatic rings. The molecule has 1 fully saturated rings. The Labute approximate surface area is 49.3 Å². The predicted molar refractivity (Wildman–Crippen MR) is 35.3 cm³/mol. The Bertz CT molecular complexity index is 45.5. The molecule has 0 nitrogen and oxygen atoms in total. The first-order chi connectivity index (χ1) is 2.79. The van der Waals surface area contributed by atoms with Gasteiger partial charge in [-0.05, 0) is 0 Å². The van der Waals surface area contributed by atoms with E-state index in [4.69, 9.17) is 22.5 Å². The van der Waals surface area contributed by atoms with Crippen molar-refractivity contribution >= 4 is 37.0 Å². The fraction of sp³-hybridized carbons (Fsp3) is 1.00. The monoisotopic (exact) mass is 160 g/mol. The standard InChI is InChI=1S/C2H4Cl2P2/c3-5-1-6(4)2-5/h1-2H2. The third-order valence-electron chi connectivity index (χ3n) is 0.614. The molecule has 0 aliphatic carbocycles. The normalized spacial score (nSPS) is 45.0. The molecule has 0 amide bonds. The average molecular weight is 161 g/mol. The van der Waals surface area contributed by atoms with Crippen molar-refractivity contribution in [3.8, 4) is 0 Å². The van der Waals surface area contributed by atoms with Crippen molar-refractivity contribution in [3.63, 3.8) is 0 Å². The molecule has 0 unspecified atom stereocenters. The van der Waals surface area contributed by atoms with Crippen molar-refractivity contribution in [1.29, 1.82) is 0 Å². The van der Waals surface area contributed by atoms with Gasteiger partial charge in [0, 0.05) is 26.4 Å². The quantitative estimate of drug-likeness (QED) is 0.478. The SMILES string of the molecule is ClP1CP(Cl)C1. The van der Waals surface area contributed by atoms with E-state index in [1.807, 2.05) is 0 Å². The minimum absolute atomic E-state index is 0.0880. The molecule has 0 saturated carbocycles. The summed E-state index contributed by atoms with van der Waals surface area (Å²) in [4.78, 5) is 0. The lowest BCUT2D eigenvalue weighted by molar-refractivity contribution is 1.91. The Morgan fingerprint density at radius 3 is 1.33 bits per heavy atom. The van der Waals surface area contributed by atoms with Crippen LogP contribution in [0.5, 0.6) is 0 Å². The van der Waals surface area contributed by atoms with E-state index in [-0.39, 0.29) is 14.5 Å². The zero-order chi connectivity index (χ0) is 4.57. The van der Waals surface area contributed by atoms with Gasteiger partial charge in [0.15, 0.2) is 0 Å². The average Bonchev–Trinajstić information content (AvgIpc) is 1.33. The van der Waals surface area contributed by atoms with Crippen LogP contribution in [0.1, 0.15) is 0 Å². The second-order valence-corrected chi connectivity index (χ2v) is 8.19. The molecule has 1 aliphatic rings. The number of hydrogen-bond acceptors (Lipinski definition) is 0. The van der Waals surface area contributed by atoms with Crippen molar-refractivity contribution in [3.05, 3.63) is 0 Å². The minimum Gasteiger partial charge on any atom is -0.0956 e. The van der Waals surface area contributed by atoms with E-state index < -0.39 is 0 Å². The van der Waals surface area contributed by atoms with Crippen LogP contribution in [0.3, 0.4) is 0 Å². The van der Waals surface area contributed by atoms with Crippen molar-refractivity contribution in [2.75, 3.05) is 11.8 Å². The van der Waals surface area contributed by atoms with Gasteiger partial charge in [-0.3, -0.25) is 0 Å². The number of halogens is 2. The van der Waals surface area contributed by atoms with Gasteiger partial charge in [0.2, 0.25) is 0 Å². The highest BCUT2D eigenvalue weighted by molar-refractivity contribution is 8.11. The second-order valence-electron chi connectivity index (χ2n) is 1.21. The molecular weight excluding hydrogens is 157 g/mol. The lowest BCUT2D eigenvalue weighted by Crippen LogP contribution is -1.89. The molecule has 36 valence electrons. The van der Waals surface area contributed by atoms with E-state index in [0.717, 1.165) is 11.8 Å². The first kappa shape index (κ1) is 5.57. The molecule has 1 aliphatic heterocycles. The topological polar surface area (TPSA) is 0 Å². The van der Waals surface area contributed by atoms with Crippen LogP contribution in [0.2, 0.25) is 0 Å². The number of hydrogen-bond donors (Lipinski definition) is 0. The molecule has 1 saturated heterocycles. The van der Waals surface area contributed by atoms with E-state index in [9.17, 15) is 0 Å². The zero-order valence-electron chi connectivity index (χ0n) is 3.06. The molecule has 0 radical (unpaired) electrons. The predicted octanol–water partition coefficient (Wildman–Crippen LogP) is 3.19. The lowest BCUT2D eigenvalue weighted by Gasteiger charge is -2.24. The van der Waals surface area contributed by atoms with Gasteiger partial charge in [0.25, 0.3) is 0 Å². The summed E-state index contributed by atoms with van der Waals surface area (Å²) >= 11 is 11.3. The second kappa shape index (κ2) is 2.14. The van der Waals surface area contributed by atoms with Gasteiger partial charge in [-0.15, -0.1) is 0 Å². The van der Waals surface area contributed by atoms with Gasteiger partial charge >= 0.3 is 0 Å². The first-order valence-corrected chi connectivity index (χ1v) is 6.84. The highest BCUT2D eigenvalue weighted by atomic mass is 35.7. The molecule has 0 aromatic heterocycles. The molecule has 0 spiro atoms. The van der Waals surface area contributed by atoms with Crippen LogP contribution in [-0.2, 0) is 0 Å². The summed E-state index contributed by atoms with van der Waals surface area (Å²) in [5.41, 5.74) is 0. The Hall–Kier alpha value is 1.44. The third-order valence-corrected chi connectivity index (χ3v) is 9.37. The Morgan fingerprint density at radius 2 is 1.33 bits per heavy atom. The van der Waals surface area contributed by atoms with Crippen LogP contribution in [0.4, 0.5) is 0 Å². The smallest absolute Gasteiger partial charge is 0.0164 e. The van der Waals surface area contributed by atoms with Gasteiger partial charge in [-0.2, -0.15) is 0 Å². The van der Waals surface area contributed by atoms with Crippen molar-refractivity contribution < 1.29 is 0 Å². The van der Waals surface area contributed by atoms with Gasteiger partial charge in [0.1, 0.15) is 0 Å². The summed E-state index contributed by atoms with van der Waals surface area (Å²) in [6.45, 7) is 0. The largest absolute Gasteiger partial charge is 0.0956 e. The van der Waals surface area contributed by atoms with E-state index in [0.29, 0.717) is 0 Å². The number of rotatable bonds is 0. The summed E-state index contributed by atoms with van der Waals surface area (Å²) in [7, 11) is -0.176. The van der Waals surface area contributed by atoms with Crippen LogP contribution in [-0.4, -0.2) is 11.8 Å². The molecule has 6 heavy (non-hydrogen) atoms. The summed E-state index contributed by atoms with van der Waals surface area (Å²) < 4.78 is 0. The Kier molecular flexibility index (Phi) is 1.99. The third kappa shape index (κ3) is 1.20. The maximum atomic E-state index is 5.64. The maximum absolute atomic E-state index is 5.64. The Morgan fingerprint density at radius 1 is 1.00 bits per heavy atom. The van der Waals surface area contributed by atoms with Gasteiger partial charge in [-0.25, -0.2) is 0 Å². The fourth-order valence-electron chi connectivity index (χ4n) is 0.292. The summed E-state index contributed by atoms with van der Waals surface area (Å²) in [5.74, 6) is 2.27. The van der Waals surface area contributed by atoms with Gasteiger partial charge in [0.05, 0.1) is 0 Å². The molecule has 4 heteroatoms. The zero-order valence-corrected chi connectivity index (χ0v) is 6.37. The molecule has 1 heterocycles. The van der Waals surface area contributed by atoms with Gasteiger partial charge in [-0.1, -0.05) is 22.5 Å². The summed E-state index contributed by atoms with van der Waals surface area (Å²) in [5, 5.41) is 0. The van der Waals surface area contributed by atoms with Crippen LogP contribution in [0, 0.1) is 0 Å². The lowest BCUT2D eigenvalue weighted by atomic mass is 11.8. The summed E-state index contributed by atoms with van der Waals surface area (Å²) in [6, 6.07) is 0. The highest BCUT2D eigenvalue weighted by Gasteiger charge is 2.24. The van der Waals surface area contributed by atoms with Crippen LogP contribution in [0.15, 0.2) is 0 Å². The minimum atomic E-state index is -0.0880. The molecule has 0 aromatic carbocycles. The molecular formula is C2H4Cl2P2. The molecule has 1 rings (SSSR count). The van der Waals surface area contributed by atoms with Crippen molar-refractivity contribution in [2.45, 2.75) is 0 Å². The van der Waals surface area contributed by atoms with E-state index >= 15 is 0 Å². The van der Waals surface area contributed by atoms with Crippen LogP contribution in [0.25, 0.3) is 0 Å². The molecule has 0 bridgehead atoms. The van der Waals surface area contributed by atoms with Crippen LogP contribution < -0.4 is 0 Å². The highest BCUT2D eigenvalue weighted by Crippen LogP contribution is 2.72. The van der Waals surface area contributed by atoms with Crippen LogP contribution >= 0.6 is 37.0 Å². The molecule has 0 atom stereocenters. The molecule has 0 N–H and O–H groups in total. The van der Waals surface area contributed by atoms with E-state index in [1.54, 1.807) is 0 Å². The van der Waals surface area contributed by atoms with Gasteiger partial charge < -0.3 is 0 Å². The maximum Gasteiger partial charge on any atom is 0.0164 e.